The Hall–Kier alpha value is -3.62. The summed E-state index contributed by atoms with van der Waals surface area (Å²) in [5, 5.41) is 23.7. The number of nitrogens with zero attached hydrogens (tertiary/aromatic N) is 2. The van der Waals surface area contributed by atoms with E-state index in [9.17, 15) is 27.9 Å². The van der Waals surface area contributed by atoms with E-state index < -0.39 is 39.4 Å². The number of sulfonamides is 1. The number of carbonyl (C=O) groups is 2. The van der Waals surface area contributed by atoms with Gasteiger partial charge in [0.05, 0.1) is 16.3 Å². The lowest BCUT2D eigenvalue weighted by molar-refractivity contribution is 0.140. The van der Waals surface area contributed by atoms with Gasteiger partial charge in [-0.15, -0.1) is 11.3 Å². The van der Waals surface area contributed by atoms with Gasteiger partial charge in [-0.25, -0.2) is 22.7 Å². The van der Waals surface area contributed by atoms with Crippen molar-refractivity contribution >= 4 is 50.8 Å². The van der Waals surface area contributed by atoms with E-state index in [1.807, 2.05) is 4.72 Å². The fraction of sp³-hybridized carbons (Fsp3) is 0.0588. The molecule has 0 fully saturated rings. The summed E-state index contributed by atoms with van der Waals surface area (Å²) in [5.41, 5.74) is -0.819. The highest BCUT2D eigenvalue weighted by Gasteiger charge is 2.24. The van der Waals surface area contributed by atoms with E-state index >= 15 is 0 Å². The first-order valence-corrected chi connectivity index (χ1v) is 11.2. The molecule has 32 heavy (non-hydrogen) atoms. The maximum absolute atomic E-state index is 12.4. The van der Waals surface area contributed by atoms with Crippen LogP contribution in [0.1, 0.15) is 0 Å². The van der Waals surface area contributed by atoms with Gasteiger partial charge in [0.15, 0.2) is 0 Å². The van der Waals surface area contributed by atoms with Crippen molar-refractivity contribution in [2.45, 2.75) is 4.90 Å². The number of rotatable bonds is 5. The Labute approximate surface area is 188 Å². The summed E-state index contributed by atoms with van der Waals surface area (Å²) in [4.78, 5) is 38.9. The molecule has 0 aliphatic heterocycles. The Kier molecular flexibility index (Phi) is 6.38. The molecule has 12 nitrogen and oxygen atoms in total. The van der Waals surface area contributed by atoms with Gasteiger partial charge >= 0.3 is 12.2 Å². The summed E-state index contributed by atoms with van der Waals surface area (Å²) in [5.74, 6) is -2.03. The van der Waals surface area contributed by atoms with Crippen molar-refractivity contribution in [3.05, 3.63) is 50.4 Å². The molecule has 3 aromatic rings. The molecule has 0 spiro atoms. The van der Waals surface area contributed by atoms with Crippen LogP contribution in [-0.2, 0) is 17.1 Å². The van der Waals surface area contributed by atoms with Crippen LogP contribution in [0, 0.1) is 0 Å². The van der Waals surface area contributed by atoms with Crippen LogP contribution in [0.4, 0.5) is 15.3 Å². The molecule has 168 valence electrons. The van der Waals surface area contributed by atoms with Crippen molar-refractivity contribution in [3.8, 4) is 23.0 Å². The second kappa shape index (κ2) is 8.86. The summed E-state index contributed by atoms with van der Waals surface area (Å²) in [6, 6.07) is 4.39. The Morgan fingerprint density at radius 1 is 1.25 bits per heavy atom. The lowest BCUT2D eigenvalue weighted by atomic mass is 10.2. The highest BCUT2D eigenvalue weighted by molar-refractivity contribution is 7.90. The van der Waals surface area contributed by atoms with Crippen molar-refractivity contribution < 1.29 is 33.0 Å². The van der Waals surface area contributed by atoms with Crippen molar-refractivity contribution in [1.82, 2.24) is 14.3 Å². The van der Waals surface area contributed by atoms with Crippen molar-refractivity contribution in [2.75, 3.05) is 5.32 Å². The highest BCUT2D eigenvalue weighted by Crippen LogP contribution is 2.32. The molecule has 0 saturated carbocycles. The lowest BCUT2D eigenvalue weighted by Crippen LogP contribution is -2.34. The normalized spacial score (nSPS) is 11.1. The van der Waals surface area contributed by atoms with Gasteiger partial charge in [0, 0.05) is 17.8 Å². The van der Waals surface area contributed by atoms with Crippen LogP contribution in [0.3, 0.4) is 0 Å². The van der Waals surface area contributed by atoms with Crippen LogP contribution in [0.2, 0.25) is 5.02 Å². The number of urea groups is 1. The van der Waals surface area contributed by atoms with Gasteiger partial charge < -0.3 is 20.3 Å². The molecule has 2 heterocycles. The zero-order valence-electron chi connectivity index (χ0n) is 15.9. The van der Waals surface area contributed by atoms with E-state index in [1.54, 1.807) is 0 Å². The third kappa shape index (κ3) is 4.66. The second-order valence-electron chi connectivity index (χ2n) is 6.01. The molecule has 1 aromatic carbocycles. The number of ether oxygens (including phenoxy) is 1. The molecule has 0 saturated heterocycles. The fourth-order valence-corrected chi connectivity index (χ4v) is 4.71. The topological polar surface area (TPSA) is 177 Å². The average Bonchev–Trinajstić information content (AvgIpc) is 3.15. The number of carbonyl (C=O) groups excluding carboxylic acids is 1. The monoisotopic (exact) mass is 500 g/mol. The Morgan fingerprint density at radius 3 is 2.59 bits per heavy atom. The molecule has 0 bridgehead atoms. The summed E-state index contributed by atoms with van der Waals surface area (Å²) >= 11 is 6.94. The summed E-state index contributed by atoms with van der Waals surface area (Å²) in [6.45, 7) is 0. The van der Waals surface area contributed by atoms with Crippen LogP contribution >= 0.6 is 22.9 Å². The van der Waals surface area contributed by atoms with Gasteiger partial charge in [0.1, 0.15) is 10.7 Å². The van der Waals surface area contributed by atoms with Gasteiger partial charge in [-0.1, -0.05) is 23.7 Å². The summed E-state index contributed by atoms with van der Waals surface area (Å²) in [6.07, 6.45) is -1.81. The molecule has 2 aromatic heterocycles. The Morgan fingerprint density at radius 2 is 1.94 bits per heavy atom. The second-order valence-corrected chi connectivity index (χ2v) is 8.81. The molecule has 15 heteroatoms. The van der Waals surface area contributed by atoms with Crippen molar-refractivity contribution in [3.63, 3.8) is 0 Å². The van der Waals surface area contributed by atoms with Gasteiger partial charge in [-0.2, -0.15) is 4.98 Å². The SMILES string of the molecule is Cn1c(-c2cscc2NC(=O)NS(=O)(=O)c2ccccc2Cl)nc(OC(=O)O)c(O)c1=O. The predicted octanol–water partition coefficient (Wildman–Crippen LogP) is 2.44. The minimum atomic E-state index is -4.29. The largest absolute Gasteiger partial charge is 0.512 e. The van der Waals surface area contributed by atoms with Crippen LogP contribution < -0.4 is 20.3 Å². The standard InChI is InChI=1S/C17H13ClN4O8S2/c1-22-13(20-14(30-17(26)27)12(23)15(22)24)8-6-31-7-10(8)19-16(25)21-32(28,29)11-5-3-2-4-9(11)18/h2-7,23H,1H3,(H,26,27)(H2,19,21,25). The van der Waals surface area contributed by atoms with E-state index in [1.165, 1.54) is 42.1 Å². The summed E-state index contributed by atoms with van der Waals surface area (Å²) in [7, 11) is -3.04. The smallest absolute Gasteiger partial charge is 0.499 e. The van der Waals surface area contributed by atoms with E-state index in [4.69, 9.17) is 16.7 Å². The minimum Gasteiger partial charge on any atom is -0.499 e. The number of aromatic nitrogens is 2. The molecule has 0 aliphatic carbocycles. The van der Waals surface area contributed by atoms with Gasteiger partial charge in [-0.05, 0) is 12.1 Å². The number of hydrogen-bond acceptors (Lipinski definition) is 9. The van der Waals surface area contributed by atoms with E-state index in [0.717, 1.165) is 15.9 Å². The zero-order valence-corrected chi connectivity index (χ0v) is 18.3. The molecule has 3 rings (SSSR count). The quantitative estimate of drug-likeness (QED) is 0.383. The van der Waals surface area contributed by atoms with Crippen molar-refractivity contribution in [2.24, 2.45) is 7.05 Å². The number of halogens is 1. The number of hydrogen-bond donors (Lipinski definition) is 4. The number of anilines is 1. The molecule has 2 amide bonds. The Balaban J connectivity index is 1.92. The highest BCUT2D eigenvalue weighted by atomic mass is 35.5. The van der Waals surface area contributed by atoms with Gasteiger partial charge in [0.2, 0.25) is 5.75 Å². The van der Waals surface area contributed by atoms with Crippen LogP contribution in [0.15, 0.2) is 44.7 Å². The van der Waals surface area contributed by atoms with Gasteiger partial charge in [-0.3, -0.25) is 9.36 Å². The van der Waals surface area contributed by atoms with E-state index in [0.29, 0.717) is 0 Å². The number of amides is 2. The molecule has 0 unspecified atom stereocenters. The van der Waals surface area contributed by atoms with Crippen LogP contribution in [0.25, 0.3) is 11.4 Å². The fourth-order valence-electron chi connectivity index (χ4n) is 2.52. The zero-order chi connectivity index (χ0) is 23.6. The maximum Gasteiger partial charge on any atom is 0.512 e. The number of thiophene rings is 1. The molecule has 4 N–H and O–H groups in total. The predicted molar refractivity (Wildman–Crippen MR) is 114 cm³/mol. The first-order chi connectivity index (χ1) is 15.0. The van der Waals surface area contributed by atoms with Crippen molar-refractivity contribution in [1.29, 1.82) is 0 Å². The Bertz CT molecular complexity index is 1380. The third-order valence-electron chi connectivity index (χ3n) is 3.92. The number of nitrogens with one attached hydrogen (secondary N) is 2. The minimum absolute atomic E-state index is 0.0522. The molecular formula is C17H13ClN4O8S2. The maximum atomic E-state index is 12.4. The number of aromatic hydroxyl groups is 1. The van der Waals surface area contributed by atoms with Crippen LogP contribution in [-0.4, -0.2) is 40.4 Å². The van der Waals surface area contributed by atoms with Crippen LogP contribution in [0.5, 0.6) is 11.6 Å². The molecule has 0 radical (unpaired) electrons. The van der Waals surface area contributed by atoms with Gasteiger partial charge in [0.25, 0.3) is 21.5 Å². The van der Waals surface area contributed by atoms with E-state index in [2.05, 4.69) is 15.0 Å². The number of carboxylic acid groups (broad SMARTS) is 1. The molecular weight excluding hydrogens is 488 g/mol. The molecule has 0 atom stereocenters. The average molecular weight is 501 g/mol. The lowest BCUT2D eigenvalue weighted by Gasteiger charge is -2.12. The van der Waals surface area contributed by atoms with E-state index in [-0.39, 0.29) is 27.0 Å². The third-order valence-corrected chi connectivity index (χ3v) is 6.50. The molecule has 0 aliphatic rings. The number of benzene rings is 1. The summed E-state index contributed by atoms with van der Waals surface area (Å²) < 4.78 is 31.9. The first kappa shape index (κ1) is 23.1. The first-order valence-electron chi connectivity index (χ1n) is 8.37.